The summed E-state index contributed by atoms with van der Waals surface area (Å²) in [4.78, 5) is 0. The van der Waals surface area contributed by atoms with Crippen molar-refractivity contribution in [1.29, 1.82) is 5.41 Å². The molecule has 1 N–H and O–H groups in total. The van der Waals surface area contributed by atoms with Crippen LogP contribution in [0.25, 0.3) is 0 Å². The van der Waals surface area contributed by atoms with E-state index in [4.69, 9.17) is 9.83 Å². The third-order valence-corrected chi connectivity index (χ3v) is 1.91. The highest BCUT2D eigenvalue weighted by Gasteiger charge is 2.02. The Morgan fingerprint density at radius 3 is 2.85 bits per heavy atom. The van der Waals surface area contributed by atoms with Crippen molar-refractivity contribution in [1.82, 2.24) is 0 Å². The maximum Gasteiger partial charge on any atom is 0.104 e. The maximum atomic E-state index is 7.68. The highest BCUT2D eigenvalue weighted by Crippen LogP contribution is 2.08. The molecule has 0 bridgehead atoms. The van der Waals surface area contributed by atoms with Crippen molar-refractivity contribution in [3.8, 4) is 0 Å². The molecule has 0 radical (unpaired) electrons. The van der Waals surface area contributed by atoms with Crippen LogP contribution in [0, 0.1) is 11.3 Å². The molecule has 0 saturated carbocycles. The van der Waals surface area contributed by atoms with Gasteiger partial charge in [0.05, 0.1) is 6.26 Å². The molecule has 2 nitrogen and oxygen atoms in total. The molecule has 13 heavy (non-hydrogen) atoms. The van der Waals surface area contributed by atoms with Crippen LogP contribution in [-0.4, -0.2) is 5.71 Å². The van der Waals surface area contributed by atoms with Crippen LogP contribution in [0.2, 0.25) is 0 Å². The van der Waals surface area contributed by atoms with Crippen molar-refractivity contribution in [3.63, 3.8) is 0 Å². The van der Waals surface area contributed by atoms with Gasteiger partial charge in [0.2, 0.25) is 0 Å². The predicted octanol–water partition coefficient (Wildman–Crippen LogP) is 3.28. The van der Waals surface area contributed by atoms with E-state index >= 15 is 0 Å². The first-order valence-electron chi connectivity index (χ1n) is 4.77. The maximum absolute atomic E-state index is 7.68. The van der Waals surface area contributed by atoms with Crippen molar-refractivity contribution in [2.45, 2.75) is 33.1 Å². The molecule has 0 fully saturated rings. The number of hydrogen-bond donors (Lipinski definition) is 1. The van der Waals surface area contributed by atoms with Crippen molar-refractivity contribution >= 4 is 5.71 Å². The molecule has 1 heterocycles. The summed E-state index contributed by atoms with van der Waals surface area (Å²) in [6.07, 6.45) is 4.27. The average molecular weight is 179 g/mol. The molecule has 72 valence electrons. The van der Waals surface area contributed by atoms with Gasteiger partial charge in [-0.3, -0.25) is 0 Å². The number of aryl methyl sites for hydroxylation is 1. The van der Waals surface area contributed by atoms with E-state index in [-0.39, 0.29) is 0 Å². The molecule has 0 unspecified atom stereocenters. The quantitative estimate of drug-likeness (QED) is 0.692. The van der Waals surface area contributed by atoms with Gasteiger partial charge in [0.15, 0.2) is 0 Å². The van der Waals surface area contributed by atoms with Crippen LogP contribution >= 0.6 is 0 Å². The van der Waals surface area contributed by atoms with E-state index in [1.165, 1.54) is 0 Å². The van der Waals surface area contributed by atoms with Crippen LogP contribution in [0.4, 0.5) is 0 Å². The smallest absolute Gasteiger partial charge is 0.104 e. The lowest BCUT2D eigenvalue weighted by Gasteiger charge is -2.05. The van der Waals surface area contributed by atoms with Gasteiger partial charge in [0.1, 0.15) is 5.76 Å². The van der Waals surface area contributed by atoms with Gasteiger partial charge in [-0.1, -0.05) is 13.8 Å². The molecular weight excluding hydrogens is 162 g/mol. The Morgan fingerprint density at radius 1 is 1.54 bits per heavy atom. The number of nitrogens with one attached hydrogen (secondary N) is 1. The Hall–Kier alpha value is -1.05. The third kappa shape index (κ3) is 3.92. The van der Waals surface area contributed by atoms with E-state index < -0.39 is 0 Å². The van der Waals surface area contributed by atoms with E-state index in [9.17, 15) is 0 Å². The summed E-state index contributed by atoms with van der Waals surface area (Å²) in [5.74, 6) is 1.57. The summed E-state index contributed by atoms with van der Waals surface area (Å²) >= 11 is 0. The first-order valence-corrected chi connectivity index (χ1v) is 4.77. The van der Waals surface area contributed by atoms with Crippen LogP contribution in [-0.2, 0) is 6.42 Å². The summed E-state index contributed by atoms with van der Waals surface area (Å²) in [6.45, 7) is 4.28. The summed E-state index contributed by atoms with van der Waals surface area (Å²) < 4.78 is 5.19. The lowest BCUT2D eigenvalue weighted by molar-refractivity contribution is 0.510. The lowest BCUT2D eigenvalue weighted by atomic mass is 10.0. The van der Waals surface area contributed by atoms with E-state index in [0.29, 0.717) is 5.92 Å². The Morgan fingerprint density at radius 2 is 2.31 bits per heavy atom. The average Bonchev–Trinajstić information content (AvgIpc) is 2.51. The molecule has 0 amide bonds. The number of furan rings is 1. The third-order valence-electron chi connectivity index (χ3n) is 1.91. The molecular formula is C11H17NO. The fourth-order valence-electron chi connectivity index (χ4n) is 1.32. The molecule has 1 aromatic heterocycles. The molecule has 0 aliphatic carbocycles. The topological polar surface area (TPSA) is 37.0 Å². The molecule has 0 aliphatic rings. The minimum Gasteiger partial charge on any atom is -0.469 e. The predicted molar refractivity (Wildman–Crippen MR) is 54.2 cm³/mol. The molecule has 0 aromatic carbocycles. The van der Waals surface area contributed by atoms with Crippen LogP contribution in [0.5, 0.6) is 0 Å². The Kier molecular flexibility index (Phi) is 3.74. The SMILES string of the molecule is CC(C)CC(=N)CCc1ccco1. The molecule has 0 saturated heterocycles. The standard InChI is InChI=1S/C11H17NO/c1-9(2)8-10(12)5-6-11-4-3-7-13-11/h3-4,7,9,12H,5-6,8H2,1-2H3. The van der Waals surface area contributed by atoms with Gasteiger partial charge in [-0.2, -0.15) is 0 Å². The first kappa shape index (κ1) is 10.0. The molecule has 1 rings (SSSR count). The van der Waals surface area contributed by atoms with Gasteiger partial charge < -0.3 is 9.83 Å². The monoisotopic (exact) mass is 179 g/mol. The van der Waals surface area contributed by atoms with E-state index in [1.54, 1.807) is 6.26 Å². The summed E-state index contributed by atoms with van der Waals surface area (Å²) in [5.41, 5.74) is 0.825. The Bertz CT molecular complexity index is 249. The summed E-state index contributed by atoms with van der Waals surface area (Å²) in [6, 6.07) is 3.85. The van der Waals surface area contributed by atoms with Crippen LogP contribution in [0.15, 0.2) is 22.8 Å². The Balaban J connectivity index is 2.23. The first-order chi connectivity index (χ1) is 6.18. The van der Waals surface area contributed by atoms with Gasteiger partial charge in [-0.25, -0.2) is 0 Å². The zero-order valence-electron chi connectivity index (χ0n) is 8.34. The fraction of sp³-hybridized carbons (Fsp3) is 0.545. The highest BCUT2D eigenvalue weighted by molar-refractivity contribution is 5.81. The van der Waals surface area contributed by atoms with E-state index in [2.05, 4.69) is 13.8 Å². The second-order valence-electron chi connectivity index (χ2n) is 3.78. The van der Waals surface area contributed by atoms with Crippen molar-refractivity contribution in [2.75, 3.05) is 0 Å². The fourth-order valence-corrected chi connectivity index (χ4v) is 1.32. The molecule has 2 heteroatoms. The van der Waals surface area contributed by atoms with Gasteiger partial charge in [0.25, 0.3) is 0 Å². The van der Waals surface area contributed by atoms with E-state index in [0.717, 1.165) is 30.7 Å². The van der Waals surface area contributed by atoms with Gasteiger partial charge in [-0.15, -0.1) is 0 Å². The zero-order chi connectivity index (χ0) is 9.68. The second-order valence-corrected chi connectivity index (χ2v) is 3.78. The zero-order valence-corrected chi connectivity index (χ0v) is 8.34. The molecule has 0 atom stereocenters. The van der Waals surface area contributed by atoms with E-state index in [1.807, 2.05) is 12.1 Å². The molecule has 0 aliphatic heterocycles. The minimum absolute atomic E-state index is 0.587. The normalized spacial score (nSPS) is 10.7. The number of rotatable bonds is 5. The van der Waals surface area contributed by atoms with Crippen molar-refractivity contribution < 1.29 is 4.42 Å². The Labute approximate surface area is 79.5 Å². The van der Waals surface area contributed by atoms with Crippen LogP contribution in [0.3, 0.4) is 0 Å². The minimum atomic E-state index is 0.587. The van der Waals surface area contributed by atoms with Crippen LogP contribution in [0.1, 0.15) is 32.4 Å². The lowest BCUT2D eigenvalue weighted by Crippen LogP contribution is -2.02. The number of hydrogen-bond acceptors (Lipinski definition) is 2. The summed E-state index contributed by atoms with van der Waals surface area (Å²) in [5, 5.41) is 7.68. The van der Waals surface area contributed by atoms with Gasteiger partial charge in [0, 0.05) is 12.1 Å². The second kappa shape index (κ2) is 4.85. The molecule has 1 aromatic rings. The van der Waals surface area contributed by atoms with Gasteiger partial charge >= 0.3 is 0 Å². The van der Waals surface area contributed by atoms with Crippen molar-refractivity contribution in [2.24, 2.45) is 5.92 Å². The summed E-state index contributed by atoms with van der Waals surface area (Å²) in [7, 11) is 0. The van der Waals surface area contributed by atoms with Crippen LogP contribution < -0.4 is 0 Å². The largest absolute Gasteiger partial charge is 0.469 e. The molecule has 0 spiro atoms. The van der Waals surface area contributed by atoms with Crippen molar-refractivity contribution in [3.05, 3.63) is 24.2 Å². The van der Waals surface area contributed by atoms with Gasteiger partial charge in [-0.05, 0) is 30.9 Å². The highest BCUT2D eigenvalue weighted by atomic mass is 16.3.